The summed E-state index contributed by atoms with van der Waals surface area (Å²) >= 11 is 0. The van der Waals surface area contributed by atoms with Gasteiger partial charge in [-0.3, -0.25) is 18.9 Å². The number of aryl methyl sites for hydroxylation is 2. The molecule has 2 aliphatic rings. The normalized spacial score (nSPS) is 19.8. The number of fused-ring (bicyclic) bond motifs is 2. The third kappa shape index (κ3) is 3.98. The number of rotatable bonds is 4. The summed E-state index contributed by atoms with van der Waals surface area (Å²) in [6, 6.07) is 8.36. The Balaban J connectivity index is 1.53. The van der Waals surface area contributed by atoms with Gasteiger partial charge >= 0.3 is 6.18 Å². The van der Waals surface area contributed by atoms with Crippen LogP contribution in [-0.4, -0.2) is 37.0 Å². The van der Waals surface area contributed by atoms with E-state index in [0.717, 1.165) is 49.0 Å². The molecular weight excluding hydrogens is 407 g/mol. The third-order valence-corrected chi connectivity index (χ3v) is 6.22. The van der Waals surface area contributed by atoms with Crippen molar-refractivity contribution in [2.24, 2.45) is 0 Å². The quantitative estimate of drug-likeness (QED) is 0.630. The highest BCUT2D eigenvalue weighted by atomic mass is 19.4. The van der Waals surface area contributed by atoms with Gasteiger partial charge in [-0.15, -0.1) is 0 Å². The van der Waals surface area contributed by atoms with E-state index < -0.39 is 18.3 Å². The highest BCUT2D eigenvalue weighted by Crippen LogP contribution is 2.33. The summed E-state index contributed by atoms with van der Waals surface area (Å²) in [4.78, 5) is 19.6. The average molecular weight is 431 g/mol. The lowest BCUT2D eigenvalue weighted by Crippen LogP contribution is -2.35. The molecule has 0 bridgehead atoms. The minimum atomic E-state index is -4.50. The molecule has 9 heteroatoms. The van der Waals surface area contributed by atoms with E-state index in [4.69, 9.17) is 5.10 Å². The third-order valence-electron chi connectivity index (χ3n) is 6.22. The van der Waals surface area contributed by atoms with Gasteiger partial charge in [0.25, 0.3) is 5.56 Å². The Morgan fingerprint density at radius 1 is 1.10 bits per heavy atom. The molecule has 0 aliphatic carbocycles. The van der Waals surface area contributed by atoms with E-state index >= 15 is 0 Å². The number of alkyl halides is 3. The molecule has 5 rings (SSSR count). The van der Waals surface area contributed by atoms with Crippen LogP contribution >= 0.6 is 0 Å². The summed E-state index contributed by atoms with van der Waals surface area (Å²) in [5, 5.41) is 4.91. The second-order valence-electron chi connectivity index (χ2n) is 8.43. The molecule has 3 aromatic rings. The second kappa shape index (κ2) is 7.78. The standard InChI is InChI=1S/C22H24F3N5O/c23-22(24,25)14-29-20(26-18-8-2-1-7-17(18)21(29)31)19-9-5-10-28(19)13-15-12-16-6-3-4-11-30(16)27-15/h1-2,7-8,12,19H,3-6,9-11,13-14H2. The second-order valence-corrected chi connectivity index (χ2v) is 8.43. The maximum atomic E-state index is 13.3. The van der Waals surface area contributed by atoms with Crippen molar-refractivity contribution in [3.05, 3.63) is 57.9 Å². The molecule has 0 amide bonds. The predicted molar refractivity (Wildman–Crippen MR) is 110 cm³/mol. The van der Waals surface area contributed by atoms with Crippen molar-refractivity contribution in [2.45, 2.75) is 64.0 Å². The van der Waals surface area contributed by atoms with Crippen LogP contribution in [0.4, 0.5) is 13.2 Å². The monoisotopic (exact) mass is 431 g/mol. The summed E-state index contributed by atoms with van der Waals surface area (Å²) < 4.78 is 42.9. The van der Waals surface area contributed by atoms with Crippen molar-refractivity contribution in [1.82, 2.24) is 24.2 Å². The van der Waals surface area contributed by atoms with Crippen molar-refractivity contribution in [2.75, 3.05) is 6.54 Å². The maximum Gasteiger partial charge on any atom is 0.406 e. The molecule has 2 aliphatic heterocycles. The van der Waals surface area contributed by atoms with Crippen LogP contribution in [0, 0.1) is 0 Å². The van der Waals surface area contributed by atoms with Crippen molar-refractivity contribution in [3.8, 4) is 0 Å². The van der Waals surface area contributed by atoms with Crippen LogP contribution in [0.1, 0.15) is 48.9 Å². The predicted octanol–water partition coefficient (Wildman–Crippen LogP) is 3.83. The molecule has 1 fully saturated rings. The van der Waals surface area contributed by atoms with Crippen LogP contribution in [0.15, 0.2) is 35.1 Å². The Morgan fingerprint density at radius 2 is 1.94 bits per heavy atom. The van der Waals surface area contributed by atoms with Gasteiger partial charge in [-0.1, -0.05) is 12.1 Å². The largest absolute Gasteiger partial charge is 0.406 e. The van der Waals surface area contributed by atoms with Crippen molar-refractivity contribution in [1.29, 1.82) is 0 Å². The summed E-state index contributed by atoms with van der Waals surface area (Å²) in [7, 11) is 0. The Hall–Kier alpha value is -2.68. The van der Waals surface area contributed by atoms with Gasteiger partial charge in [-0.05, 0) is 56.8 Å². The van der Waals surface area contributed by atoms with E-state index in [1.807, 2.05) is 4.68 Å². The van der Waals surface area contributed by atoms with Crippen LogP contribution in [0.5, 0.6) is 0 Å². The number of nitrogens with zero attached hydrogens (tertiary/aromatic N) is 5. The first-order chi connectivity index (χ1) is 14.9. The van der Waals surface area contributed by atoms with Crippen molar-refractivity contribution >= 4 is 10.9 Å². The van der Waals surface area contributed by atoms with Crippen LogP contribution < -0.4 is 5.56 Å². The fraction of sp³-hybridized carbons (Fsp3) is 0.500. The van der Waals surface area contributed by atoms with E-state index in [-0.39, 0.29) is 17.3 Å². The van der Waals surface area contributed by atoms with Gasteiger partial charge in [0.2, 0.25) is 0 Å². The number of aromatic nitrogens is 4. The first-order valence-corrected chi connectivity index (χ1v) is 10.7. The minimum absolute atomic E-state index is 0.197. The number of para-hydroxylation sites is 1. The Kier molecular flexibility index (Phi) is 5.08. The molecule has 1 aromatic carbocycles. The van der Waals surface area contributed by atoms with E-state index in [0.29, 0.717) is 18.5 Å². The van der Waals surface area contributed by atoms with Gasteiger partial charge in [0, 0.05) is 18.8 Å². The van der Waals surface area contributed by atoms with E-state index in [9.17, 15) is 18.0 Å². The molecule has 0 radical (unpaired) electrons. The van der Waals surface area contributed by atoms with Crippen LogP contribution in [0.2, 0.25) is 0 Å². The molecular formula is C22H24F3N5O. The number of hydrogen-bond acceptors (Lipinski definition) is 4. The van der Waals surface area contributed by atoms with Gasteiger partial charge in [0.1, 0.15) is 12.4 Å². The smallest absolute Gasteiger partial charge is 0.287 e. The van der Waals surface area contributed by atoms with E-state index in [1.165, 1.54) is 11.8 Å². The molecule has 1 atom stereocenters. The summed E-state index contributed by atoms with van der Waals surface area (Å²) in [5.74, 6) is 0.197. The molecule has 1 saturated heterocycles. The van der Waals surface area contributed by atoms with Gasteiger partial charge in [-0.2, -0.15) is 18.3 Å². The number of hydrogen-bond donors (Lipinski definition) is 0. The molecule has 0 spiro atoms. The highest BCUT2D eigenvalue weighted by molar-refractivity contribution is 5.77. The maximum absolute atomic E-state index is 13.3. The summed E-state index contributed by atoms with van der Waals surface area (Å²) in [6.07, 6.45) is 0.277. The summed E-state index contributed by atoms with van der Waals surface area (Å²) in [5.41, 5.74) is 1.94. The lowest BCUT2D eigenvalue weighted by atomic mass is 10.1. The SMILES string of the molecule is O=c1c2ccccc2nc(C2CCCN2Cc2cc3n(n2)CCCC3)n1CC(F)(F)F. The molecule has 0 N–H and O–H groups in total. The zero-order chi connectivity index (χ0) is 21.6. The molecule has 0 saturated carbocycles. The van der Waals surface area contributed by atoms with Crippen LogP contribution in [0.25, 0.3) is 10.9 Å². The number of benzene rings is 1. The van der Waals surface area contributed by atoms with Crippen molar-refractivity contribution in [3.63, 3.8) is 0 Å². The fourth-order valence-corrected chi connectivity index (χ4v) is 4.84. The van der Waals surface area contributed by atoms with Crippen LogP contribution in [-0.2, 0) is 26.1 Å². The Morgan fingerprint density at radius 3 is 2.74 bits per heavy atom. The van der Waals surface area contributed by atoms with Gasteiger partial charge < -0.3 is 0 Å². The Bertz CT molecular complexity index is 1140. The minimum Gasteiger partial charge on any atom is -0.287 e. The first kappa shape index (κ1) is 20.2. The number of likely N-dealkylation sites (tertiary alicyclic amines) is 1. The van der Waals surface area contributed by atoms with Gasteiger partial charge in [-0.25, -0.2) is 4.98 Å². The highest BCUT2D eigenvalue weighted by Gasteiger charge is 2.35. The van der Waals surface area contributed by atoms with Gasteiger partial charge in [0.15, 0.2) is 0 Å². The topological polar surface area (TPSA) is 56.0 Å². The molecule has 164 valence electrons. The summed E-state index contributed by atoms with van der Waals surface area (Å²) in [6.45, 7) is 0.860. The lowest BCUT2D eigenvalue weighted by Gasteiger charge is -2.26. The van der Waals surface area contributed by atoms with E-state index in [2.05, 4.69) is 16.0 Å². The molecule has 31 heavy (non-hydrogen) atoms. The zero-order valence-corrected chi connectivity index (χ0v) is 17.1. The van der Waals surface area contributed by atoms with Crippen LogP contribution in [0.3, 0.4) is 0 Å². The van der Waals surface area contributed by atoms with Gasteiger partial charge in [0.05, 0.1) is 22.6 Å². The molecule has 6 nitrogen and oxygen atoms in total. The fourth-order valence-electron chi connectivity index (χ4n) is 4.84. The molecule has 1 unspecified atom stereocenters. The molecule has 2 aromatic heterocycles. The number of halogens is 3. The van der Waals surface area contributed by atoms with E-state index in [1.54, 1.807) is 18.2 Å². The Labute approximate surface area is 177 Å². The zero-order valence-electron chi connectivity index (χ0n) is 17.1. The lowest BCUT2D eigenvalue weighted by molar-refractivity contribution is -0.142. The first-order valence-electron chi connectivity index (χ1n) is 10.7. The molecule has 4 heterocycles. The van der Waals surface area contributed by atoms with Crippen molar-refractivity contribution < 1.29 is 13.2 Å². The average Bonchev–Trinajstić information content (AvgIpc) is 3.35.